The van der Waals surface area contributed by atoms with Crippen molar-refractivity contribution in [2.75, 3.05) is 11.9 Å². The number of anilines is 1. The summed E-state index contributed by atoms with van der Waals surface area (Å²) >= 11 is 0. The molecule has 0 unspecified atom stereocenters. The maximum Gasteiger partial charge on any atom is 0.407 e. The van der Waals surface area contributed by atoms with E-state index in [1.165, 1.54) is 0 Å². The van der Waals surface area contributed by atoms with Crippen LogP contribution in [0.5, 0.6) is 0 Å². The van der Waals surface area contributed by atoms with Crippen molar-refractivity contribution in [2.24, 2.45) is 11.8 Å². The topological polar surface area (TPSA) is 80.3 Å². The Balaban J connectivity index is 1.35. The first kappa shape index (κ1) is 19.9. The van der Waals surface area contributed by atoms with Crippen molar-refractivity contribution in [3.8, 4) is 0 Å². The number of hydrogen-bond acceptors (Lipinski definition) is 4. The standard InChI is InChI=1S/C22H27N3O3/c1-16-13-23-12-11-20(16)25-21(26)19-9-7-17(8-10-19)14-24-22(27)28-15-18-5-3-2-4-6-18/h2-6,11-13,17,19H,7-10,14-15H2,1H3,(H,24,27)(H,23,25,26)/t17-,19-. The Bertz CT molecular complexity index is 787. The molecule has 148 valence electrons. The van der Waals surface area contributed by atoms with Crippen molar-refractivity contribution in [1.82, 2.24) is 10.3 Å². The van der Waals surface area contributed by atoms with E-state index in [0.29, 0.717) is 12.5 Å². The quantitative estimate of drug-likeness (QED) is 0.791. The van der Waals surface area contributed by atoms with Crippen molar-refractivity contribution in [3.05, 3.63) is 59.9 Å². The Kier molecular flexibility index (Phi) is 7.00. The van der Waals surface area contributed by atoms with Gasteiger partial charge in [0.1, 0.15) is 6.61 Å². The van der Waals surface area contributed by atoms with E-state index >= 15 is 0 Å². The number of carbonyl (C=O) groups excluding carboxylic acids is 2. The van der Waals surface area contributed by atoms with Crippen molar-refractivity contribution >= 4 is 17.7 Å². The number of aryl methyl sites for hydroxylation is 1. The van der Waals surface area contributed by atoms with Crippen LogP contribution in [0.25, 0.3) is 0 Å². The lowest BCUT2D eigenvalue weighted by Gasteiger charge is -2.28. The van der Waals surface area contributed by atoms with Gasteiger partial charge in [-0.1, -0.05) is 30.3 Å². The molecule has 0 atom stereocenters. The van der Waals surface area contributed by atoms with Gasteiger partial charge in [-0.3, -0.25) is 9.78 Å². The highest BCUT2D eigenvalue weighted by molar-refractivity contribution is 5.93. The smallest absolute Gasteiger partial charge is 0.407 e. The van der Waals surface area contributed by atoms with Crippen LogP contribution in [0.2, 0.25) is 0 Å². The molecule has 6 heteroatoms. The second-order valence-corrected chi connectivity index (χ2v) is 7.34. The zero-order valence-corrected chi connectivity index (χ0v) is 16.2. The highest BCUT2D eigenvalue weighted by Crippen LogP contribution is 2.29. The summed E-state index contributed by atoms with van der Waals surface area (Å²) < 4.78 is 5.24. The first-order valence-corrected chi connectivity index (χ1v) is 9.78. The van der Waals surface area contributed by atoms with Crippen molar-refractivity contribution in [2.45, 2.75) is 39.2 Å². The Morgan fingerprint density at radius 3 is 2.57 bits per heavy atom. The number of hydrogen-bond donors (Lipinski definition) is 2. The predicted octanol–water partition coefficient (Wildman–Crippen LogP) is 4.06. The van der Waals surface area contributed by atoms with Gasteiger partial charge in [-0.25, -0.2) is 4.79 Å². The summed E-state index contributed by atoms with van der Waals surface area (Å²) in [5.41, 5.74) is 2.75. The number of aromatic nitrogens is 1. The molecule has 1 aromatic heterocycles. The second kappa shape index (κ2) is 9.88. The average Bonchev–Trinajstić information content (AvgIpc) is 2.73. The number of nitrogens with one attached hydrogen (secondary N) is 2. The Hall–Kier alpha value is -2.89. The zero-order valence-electron chi connectivity index (χ0n) is 16.2. The molecule has 1 fully saturated rings. The summed E-state index contributed by atoms with van der Waals surface area (Å²) in [6.07, 6.45) is 6.55. The summed E-state index contributed by atoms with van der Waals surface area (Å²) in [4.78, 5) is 28.4. The summed E-state index contributed by atoms with van der Waals surface area (Å²) in [5.74, 6) is 0.479. The largest absolute Gasteiger partial charge is 0.445 e. The number of nitrogens with zero attached hydrogens (tertiary/aromatic N) is 1. The number of rotatable bonds is 6. The summed E-state index contributed by atoms with van der Waals surface area (Å²) in [6, 6.07) is 11.4. The van der Waals surface area contributed by atoms with Crippen molar-refractivity contribution < 1.29 is 14.3 Å². The number of carbonyl (C=O) groups is 2. The van der Waals surface area contributed by atoms with E-state index in [9.17, 15) is 9.59 Å². The molecule has 1 aliphatic carbocycles. The molecule has 1 aliphatic rings. The van der Waals surface area contributed by atoms with Gasteiger partial charge < -0.3 is 15.4 Å². The summed E-state index contributed by atoms with van der Waals surface area (Å²) in [7, 11) is 0. The first-order chi connectivity index (χ1) is 13.6. The summed E-state index contributed by atoms with van der Waals surface area (Å²) in [6.45, 7) is 2.79. The molecule has 2 amide bonds. The monoisotopic (exact) mass is 381 g/mol. The number of benzene rings is 1. The average molecular weight is 381 g/mol. The van der Waals surface area contributed by atoms with Crippen molar-refractivity contribution in [3.63, 3.8) is 0 Å². The molecule has 1 heterocycles. The molecule has 2 N–H and O–H groups in total. The third-order valence-electron chi connectivity index (χ3n) is 5.24. The van der Waals surface area contributed by atoms with E-state index in [0.717, 1.165) is 42.5 Å². The maximum absolute atomic E-state index is 12.5. The highest BCUT2D eigenvalue weighted by atomic mass is 16.5. The zero-order chi connectivity index (χ0) is 19.8. The van der Waals surface area contributed by atoms with Gasteiger partial charge in [0.25, 0.3) is 0 Å². The molecule has 6 nitrogen and oxygen atoms in total. The lowest BCUT2D eigenvalue weighted by atomic mass is 9.81. The van der Waals surface area contributed by atoms with Crippen LogP contribution in [0.3, 0.4) is 0 Å². The molecule has 28 heavy (non-hydrogen) atoms. The van der Waals surface area contributed by atoms with Crippen molar-refractivity contribution in [1.29, 1.82) is 0 Å². The van der Waals surface area contributed by atoms with E-state index in [1.807, 2.05) is 43.3 Å². The summed E-state index contributed by atoms with van der Waals surface area (Å²) in [5, 5.41) is 5.85. The van der Waals surface area contributed by atoms with Crippen LogP contribution in [0.4, 0.5) is 10.5 Å². The molecule has 1 aromatic carbocycles. The molecule has 0 bridgehead atoms. The fraction of sp³-hybridized carbons (Fsp3) is 0.409. The van der Waals surface area contributed by atoms with E-state index in [4.69, 9.17) is 4.74 Å². The second-order valence-electron chi connectivity index (χ2n) is 7.34. The molecule has 0 aliphatic heterocycles. The van der Waals surface area contributed by atoms with Gasteiger partial charge in [-0.2, -0.15) is 0 Å². The van der Waals surface area contributed by atoms with Crippen LogP contribution < -0.4 is 10.6 Å². The normalized spacial score (nSPS) is 18.9. The number of pyridine rings is 1. The molecule has 0 saturated heterocycles. The highest BCUT2D eigenvalue weighted by Gasteiger charge is 2.26. The number of amides is 2. The Labute approximate surface area is 165 Å². The van der Waals surface area contributed by atoms with Gasteiger partial charge in [0.2, 0.25) is 5.91 Å². The van der Waals surface area contributed by atoms with Crippen LogP contribution in [0.1, 0.15) is 36.8 Å². The van der Waals surface area contributed by atoms with E-state index < -0.39 is 6.09 Å². The minimum absolute atomic E-state index is 0.0221. The van der Waals surface area contributed by atoms with Gasteiger partial charge in [-0.05, 0) is 55.7 Å². The Morgan fingerprint density at radius 2 is 1.86 bits per heavy atom. The van der Waals surface area contributed by atoms with Crippen LogP contribution >= 0.6 is 0 Å². The molecular weight excluding hydrogens is 354 g/mol. The molecular formula is C22H27N3O3. The first-order valence-electron chi connectivity index (χ1n) is 9.78. The molecule has 3 rings (SSSR count). The van der Waals surface area contributed by atoms with Gasteiger partial charge in [0.05, 0.1) is 0 Å². The lowest BCUT2D eigenvalue weighted by Crippen LogP contribution is -2.34. The van der Waals surface area contributed by atoms with Gasteiger partial charge in [-0.15, -0.1) is 0 Å². The number of ether oxygens (including phenoxy) is 1. The Morgan fingerprint density at radius 1 is 1.11 bits per heavy atom. The molecule has 2 aromatic rings. The van der Waals surface area contributed by atoms with Gasteiger partial charge >= 0.3 is 6.09 Å². The van der Waals surface area contributed by atoms with Gasteiger partial charge in [0, 0.05) is 30.5 Å². The van der Waals surface area contributed by atoms with Crippen LogP contribution in [-0.4, -0.2) is 23.5 Å². The van der Waals surface area contributed by atoms with E-state index in [2.05, 4.69) is 15.6 Å². The molecule has 0 spiro atoms. The van der Waals surface area contributed by atoms with Gasteiger partial charge in [0.15, 0.2) is 0 Å². The lowest BCUT2D eigenvalue weighted by molar-refractivity contribution is -0.121. The molecule has 1 saturated carbocycles. The maximum atomic E-state index is 12.5. The molecule has 0 radical (unpaired) electrons. The minimum Gasteiger partial charge on any atom is -0.445 e. The van der Waals surface area contributed by atoms with Crippen LogP contribution in [0.15, 0.2) is 48.8 Å². The minimum atomic E-state index is -0.392. The number of alkyl carbamates (subject to hydrolysis) is 1. The van der Waals surface area contributed by atoms with Crippen LogP contribution in [0, 0.1) is 18.8 Å². The fourth-order valence-electron chi connectivity index (χ4n) is 3.48. The van der Waals surface area contributed by atoms with E-state index in [1.54, 1.807) is 12.4 Å². The fourth-order valence-corrected chi connectivity index (χ4v) is 3.48. The third kappa shape index (κ3) is 5.81. The predicted molar refractivity (Wildman–Crippen MR) is 108 cm³/mol. The SMILES string of the molecule is Cc1cnccc1NC(=O)[C@H]1CC[C@H](CNC(=O)OCc2ccccc2)CC1. The van der Waals surface area contributed by atoms with E-state index in [-0.39, 0.29) is 18.4 Å². The third-order valence-corrected chi connectivity index (χ3v) is 5.24. The van der Waals surface area contributed by atoms with Crippen LogP contribution in [-0.2, 0) is 16.1 Å².